The molecule has 31 heavy (non-hydrogen) atoms. The zero-order valence-corrected chi connectivity index (χ0v) is 19.3. The SMILES string of the molecule is CC(C)Oc1c2c(c(OC(C)C)c3nccnc13)C(=O)N(Cc1cccc(Br)c1)C2=O. The largest absolute Gasteiger partial charge is 0.488 e. The fourth-order valence-corrected chi connectivity index (χ4v) is 4.01. The zero-order valence-electron chi connectivity index (χ0n) is 17.7. The summed E-state index contributed by atoms with van der Waals surface area (Å²) in [6.07, 6.45) is 2.60. The Labute approximate surface area is 188 Å². The molecule has 0 saturated heterocycles. The number of amides is 2. The molecular formula is C23H22BrN3O4. The molecule has 0 bridgehead atoms. The molecule has 7 nitrogen and oxygen atoms in total. The van der Waals surface area contributed by atoms with E-state index in [1.165, 1.54) is 17.3 Å². The molecule has 0 saturated carbocycles. The number of carbonyl (C=O) groups excluding carboxylic acids is 2. The van der Waals surface area contributed by atoms with Gasteiger partial charge in [0.2, 0.25) is 0 Å². The number of nitrogens with zero attached hydrogens (tertiary/aromatic N) is 3. The summed E-state index contributed by atoms with van der Waals surface area (Å²) >= 11 is 3.43. The maximum absolute atomic E-state index is 13.5. The summed E-state index contributed by atoms with van der Waals surface area (Å²) < 4.78 is 12.9. The van der Waals surface area contributed by atoms with Crippen LogP contribution in [0.15, 0.2) is 41.1 Å². The second-order valence-electron chi connectivity index (χ2n) is 7.82. The number of rotatable bonds is 6. The van der Waals surface area contributed by atoms with Gasteiger partial charge in [-0.05, 0) is 45.4 Å². The molecule has 0 atom stereocenters. The molecular weight excluding hydrogens is 462 g/mol. The topological polar surface area (TPSA) is 81.6 Å². The van der Waals surface area contributed by atoms with E-state index in [9.17, 15) is 9.59 Å². The highest BCUT2D eigenvalue weighted by Crippen LogP contribution is 2.44. The van der Waals surface area contributed by atoms with Gasteiger partial charge >= 0.3 is 0 Å². The molecule has 0 fully saturated rings. The van der Waals surface area contributed by atoms with Crippen molar-refractivity contribution < 1.29 is 19.1 Å². The van der Waals surface area contributed by atoms with E-state index >= 15 is 0 Å². The van der Waals surface area contributed by atoms with Crippen LogP contribution in [0.4, 0.5) is 0 Å². The van der Waals surface area contributed by atoms with Crippen molar-refractivity contribution in [3.63, 3.8) is 0 Å². The van der Waals surface area contributed by atoms with Gasteiger partial charge in [0.1, 0.15) is 22.2 Å². The molecule has 4 rings (SSSR count). The summed E-state index contributed by atoms with van der Waals surface area (Å²) in [6.45, 7) is 7.55. The first-order chi connectivity index (χ1) is 14.8. The van der Waals surface area contributed by atoms with E-state index in [0.29, 0.717) is 11.0 Å². The van der Waals surface area contributed by atoms with Crippen LogP contribution in [-0.4, -0.2) is 38.9 Å². The minimum Gasteiger partial charge on any atom is -0.488 e. The van der Waals surface area contributed by atoms with Gasteiger partial charge < -0.3 is 9.47 Å². The van der Waals surface area contributed by atoms with Crippen molar-refractivity contribution in [3.05, 3.63) is 57.8 Å². The fourth-order valence-electron chi connectivity index (χ4n) is 3.57. The number of imide groups is 1. The average Bonchev–Trinajstić information content (AvgIpc) is 2.95. The predicted molar refractivity (Wildman–Crippen MR) is 119 cm³/mol. The molecule has 3 aromatic rings. The van der Waals surface area contributed by atoms with Crippen molar-refractivity contribution in [2.45, 2.75) is 46.4 Å². The van der Waals surface area contributed by atoms with E-state index in [-0.39, 0.29) is 41.4 Å². The van der Waals surface area contributed by atoms with Gasteiger partial charge in [-0.3, -0.25) is 14.5 Å². The Kier molecular flexibility index (Phi) is 5.66. The van der Waals surface area contributed by atoms with Crippen molar-refractivity contribution >= 4 is 38.8 Å². The minimum atomic E-state index is -0.434. The van der Waals surface area contributed by atoms with Gasteiger partial charge in [-0.25, -0.2) is 9.97 Å². The Bertz CT molecular complexity index is 1120. The first-order valence-corrected chi connectivity index (χ1v) is 10.8. The van der Waals surface area contributed by atoms with Crippen LogP contribution in [0.3, 0.4) is 0 Å². The smallest absolute Gasteiger partial charge is 0.265 e. The van der Waals surface area contributed by atoms with E-state index in [1.54, 1.807) is 0 Å². The summed E-state index contributed by atoms with van der Waals surface area (Å²) in [5.41, 5.74) is 1.98. The molecule has 1 aliphatic rings. The summed E-state index contributed by atoms with van der Waals surface area (Å²) in [4.78, 5) is 37.0. The van der Waals surface area contributed by atoms with Gasteiger partial charge in [-0.2, -0.15) is 0 Å². The molecule has 160 valence electrons. The van der Waals surface area contributed by atoms with Crippen molar-refractivity contribution in [1.82, 2.24) is 14.9 Å². The molecule has 0 radical (unpaired) electrons. The first kappa shape index (κ1) is 21.2. The van der Waals surface area contributed by atoms with Crippen LogP contribution >= 0.6 is 15.9 Å². The molecule has 0 spiro atoms. The Morgan fingerprint density at radius 2 is 1.42 bits per heavy atom. The summed E-state index contributed by atoms with van der Waals surface area (Å²) in [7, 11) is 0. The van der Waals surface area contributed by atoms with Crippen molar-refractivity contribution in [1.29, 1.82) is 0 Å². The number of aromatic nitrogens is 2. The maximum atomic E-state index is 13.5. The molecule has 2 aromatic carbocycles. The Balaban J connectivity index is 1.94. The lowest BCUT2D eigenvalue weighted by atomic mass is 10.0. The molecule has 1 aromatic heterocycles. The van der Waals surface area contributed by atoms with Gasteiger partial charge in [0, 0.05) is 16.9 Å². The fraction of sp³-hybridized carbons (Fsp3) is 0.304. The van der Waals surface area contributed by atoms with E-state index in [1.807, 2.05) is 52.0 Å². The first-order valence-electron chi connectivity index (χ1n) is 10.0. The third-order valence-electron chi connectivity index (χ3n) is 4.69. The normalized spacial score (nSPS) is 13.5. The summed E-state index contributed by atoms with van der Waals surface area (Å²) in [6, 6.07) is 7.49. The molecule has 8 heteroatoms. The second kappa shape index (κ2) is 8.26. The molecule has 1 aliphatic heterocycles. The van der Waals surface area contributed by atoms with Crippen molar-refractivity contribution in [2.24, 2.45) is 0 Å². The monoisotopic (exact) mass is 483 g/mol. The van der Waals surface area contributed by atoms with Crippen LogP contribution in [0, 0.1) is 0 Å². The van der Waals surface area contributed by atoms with E-state index in [0.717, 1.165) is 10.0 Å². The highest BCUT2D eigenvalue weighted by molar-refractivity contribution is 9.10. The van der Waals surface area contributed by atoms with Gasteiger partial charge in [-0.15, -0.1) is 0 Å². The number of hydrogen-bond acceptors (Lipinski definition) is 6. The number of fused-ring (bicyclic) bond motifs is 2. The van der Waals surface area contributed by atoms with E-state index in [4.69, 9.17) is 9.47 Å². The number of benzene rings is 2. The summed E-state index contributed by atoms with van der Waals surface area (Å²) in [5.74, 6) is -0.341. The van der Waals surface area contributed by atoms with Crippen LogP contribution in [0.2, 0.25) is 0 Å². The Morgan fingerprint density at radius 3 is 1.87 bits per heavy atom. The van der Waals surface area contributed by atoms with E-state index < -0.39 is 11.8 Å². The highest BCUT2D eigenvalue weighted by atomic mass is 79.9. The van der Waals surface area contributed by atoms with Crippen LogP contribution in [0.25, 0.3) is 11.0 Å². The van der Waals surface area contributed by atoms with Crippen LogP contribution in [-0.2, 0) is 6.54 Å². The molecule has 0 unspecified atom stereocenters. The van der Waals surface area contributed by atoms with Gasteiger partial charge in [0.05, 0.1) is 18.8 Å². The standard InChI is InChI=1S/C23H22BrN3O4/c1-12(2)30-20-16-17(21(31-13(3)4)19-18(20)25-8-9-26-19)23(29)27(22(16)28)11-14-6-5-7-15(24)10-14/h5-10,12-13H,11H2,1-4H3. The Hall–Kier alpha value is -3.00. The molecule has 0 N–H and O–H groups in total. The quantitative estimate of drug-likeness (QED) is 0.470. The van der Waals surface area contributed by atoms with Crippen molar-refractivity contribution in [3.8, 4) is 11.5 Å². The summed E-state index contributed by atoms with van der Waals surface area (Å²) in [5, 5.41) is 0. The molecule has 2 heterocycles. The highest BCUT2D eigenvalue weighted by Gasteiger charge is 2.43. The van der Waals surface area contributed by atoms with E-state index in [2.05, 4.69) is 25.9 Å². The number of halogens is 1. The third kappa shape index (κ3) is 3.87. The van der Waals surface area contributed by atoms with Gasteiger partial charge in [0.15, 0.2) is 11.5 Å². The van der Waals surface area contributed by atoms with Crippen LogP contribution in [0.1, 0.15) is 54.0 Å². The maximum Gasteiger partial charge on any atom is 0.265 e. The van der Waals surface area contributed by atoms with Gasteiger partial charge in [-0.1, -0.05) is 28.1 Å². The van der Waals surface area contributed by atoms with Crippen LogP contribution in [0.5, 0.6) is 11.5 Å². The van der Waals surface area contributed by atoms with Crippen LogP contribution < -0.4 is 9.47 Å². The molecule has 2 amide bonds. The lowest BCUT2D eigenvalue weighted by Gasteiger charge is -2.18. The molecule has 0 aliphatic carbocycles. The lowest BCUT2D eigenvalue weighted by Crippen LogP contribution is -2.29. The minimum absolute atomic E-state index is 0.130. The number of hydrogen-bond donors (Lipinski definition) is 0. The number of carbonyl (C=O) groups is 2. The average molecular weight is 484 g/mol. The zero-order chi connectivity index (χ0) is 22.3. The van der Waals surface area contributed by atoms with Gasteiger partial charge in [0.25, 0.3) is 11.8 Å². The second-order valence-corrected chi connectivity index (χ2v) is 8.74. The predicted octanol–water partition coefficient (Wildman–Crippen LogP) is 4.76. The number of ether oxygens (including phenoxy) is 2. The van der Waals surface area contributed by atoms with Crippen molar-refractivity contribution in [2.75, 3.05) is 0 Å². The Morgan fingerprint density at radius 1 is 0.903 bits per heavy atom. The lowest BCUT2D eigenvalue weighted by molar-refractivity contribution is 0.0639. The third-order valence-corrected chi connectivity index (χ3v) is 5.18.